The summed E-state index contributed by atoms with van der Waals surface area (Å²) in [6.45, 7) is 3.66. The van der Waals surface area contributed by atoms with Crippen molar-refractivity contribution in [3.05, 3.63) is 58.2 Å². The molecule has 3 aromatic rings. The van der Waals surface area contributed by atoms with E-state index in [1.807, 2.05) is 13.8 Å². The van der Waals surface area contributed by atoms with Crippen LogP contribution >= 0.6 is 11.6 Å². The Morgan fingerprint density at radius 2 is 1.91 bits per heavy atom. The smallest absolute Gasteiger partial charge is 0.213 e. The van der Waals surface area contributed by atoms with Crippen LogP contribution in [0.1, 0.15) is 27.5 Å². The second kappa shape index (κ2) is 5.42. The van der Waals surface area contributed by atoms with Crippen LogP contribution in [0.15, 0.2) is 35.0 Å². The Morgan fingerprint density at radius 3 is 2.50 bits per heavy atom. The zero-order chi connectivity index (χ0) is 15.9. The maximum atomic E-state index is 12.7. The van der Waals surface area contributed by atoms with Crippen molar-refractivity contribution in [2.24, 2.45) is 7.05 Å². The van der Waals surface area contributed by atoms with Gasteiger partial charge in [0.25, 0.3) is 0 Å². The van der Waals surface area contributed by atoms with Crippen molar-refractivity contribution in [1.29, 1.82) is 0 Å². The molecule has 0 unspecified atom stereocenters. The minimum atomic E-state index is -0.160. The second-order valence-electron chi connectivity index (χ2n) is 5.10. The molecule has 0 bridgehead atoms. The van der Waals surface area contributed by atoms with Crippen LogP contribution in [0.3, 0.4) is 0 Å². The highest BCUT2D eigenvalue weighted by Crippen LogP contribution is 2.30. The van der Waals surface area contributed by atoms with Crippen LogP contribution < -0.4 is 0 Å². The van der Waals surface area contributed by atoms with Crippen molar-refractivity contribution < 1.29 is 9.32 Å². The molecule has 2 heterocycles. The Morgan fingerprint density at radius 1 is 1.23 bits per heavy atom. The first-order valence-electron chi connectivity index (χ1n) is 6.74. The van der Waals surface area contributed by atoms with E-state index in [4.69, 9.17) is 16.1 Å². The molecule has 5 nitrogen and oxygen atoms in total. The van der Waals surface area contributed by atoms with E-state index in [1.54, 1.807) is 42.2 Å². The molecule has 0 spiro atoms. The number of benzene rings is 1. The first-order valence-corrected chi connectivity index (χ1v) is 7.12. The van der Waals surface area contributed by atoms with Gasteiger partial charge in [0.15, 0.2) is 0 Å². The number of nitrogens with zero attached hydrogens (tertiary/aromatic N) is 3. The minimum absolute atomic E-state index is 0.160. The summed E-state index contributed by atoms with van der Waals surface area (Å²) in [5, 5.41) is 8.84. The molecule has 2 aromatic heterocycles. The summed E-state index contributed by atoms with van der Waals surface area (Å²) < 4.78 is 6.81. The third kappa shape index (κ3) is 2.44. The van der Waals surface area contributed by atoms with Gasteiger partial charge in [0.05, 0.1) is 11.3 Å². The molecule has 0 saturated heterocycles. The van der Waals surface area contributed by atoms with Crippen molar-refractivity contribution in [1.82, 2.24) is 14.9 Å². The lowest BCUT2D eigenvalue weighted by Crippen LogP contribution is -2.05. The highest BCUT2D eigenvalue weighted by atomic mass is 35.5. The molecule has 0 saturated carbocycles. The van der Waals surface area contributed by atoms with Gasteiger partial charge in [0, 0.05) is 29.4 Å². The van der Waals surface area contributed by atoms with Gasteiger partial charge < -0.3 is 4.52 Å². The number of hydrogen-bond donors (Lipinski definition) is 0. The van der Waals surface area contributed by atoms with Crippen LogP contribution in [0.5, 0.6) is 0 Å². The molecule has 0 radical (unpaired) electrons. The molecule has 0 aliphatic carbocycles. The van der Waals surface area contributed by atoms with Crippen molar-refractivity contribution in [2.75, 3.05) is 0 Å². The quantitative estimate of drug-likeness (QED) is 0.693. The predicted molar refractivity (Wildman–Crippen MR) is 83.1 cm³/mol. The van der Waals surface area contributed by atoms with Gasteiger partial charge in [-0.2, -0.15) is 5.10 Å². The van der Waals surface area contributed by atoms with Crippen LogP contribution in [-0.2, 0) is 7.05 Å². The monoisotopic (exact) mass is 315 g/mol. The summed E-state index contributed by atoms with van der Waals surface area (Å²) in [6.07, 6.45) is 1.80. The van der Waals surface area contributed by atoms with Crippen molar-refractivity contribution in [3.63, 3.8) is 0 Å². The van der Waals surface area contributed by atoms with Crippen molar-refractivity contribution >= 4 is 17.4 Å². The van der Waals surface area contributed by atoms with Gasteiger partial charge in [-0.05, 0) is 38.1 Å². The van der Waals surface area contributed by atoms with E-state index in [2.05, 4.69) is 10.3 Å². The van der Waals surface area contributed by atoms with Crippen LogP contribution in [-0.4, -0.2) is 20.7 Å². The Kier molecular flexibility index (Phi) is 3.58. The molecule has 0 atom stereocenters. The highest BCUT2D eigenvalue weighted by molar-refractivity contribution is 6.30. The van der Waals surface area contributed by atoms with Gasteiger partial charge in [0.1, 0.15) is 11.5 Å². The number of carbonyl (C=O) groups excluding carboxylic acids is 1. The summed E-state index contributed by atoms with van der Waals surface area (Å²) in [5.74, 6) is 0.503. The molecular weight excluding hydrogens is 302 g/mol. The molecule has 6 heteroatoms. The molecule has 0 amide bonds. The maximum absolute atomic E-state index is 12.7. The fourth-order valence-corrected chi connectivity index (χ4v) is 2.57. The standard InChI is InChI=1S/C16H14ClN3O2/c1-9-14(10(2)22-19-9)13-8-20(3)18-15(13)16(21)11-4-6-12(17)7-5-11/h4-8H,1-3H3. The van der Waals surface area contributed by atoms with Crippen LogP contribution in [0.4, 0.5) is 0 Å². The molecule has 0 N–H and O–H groups in total. The summed E-state index contributed by atoms with van der Waals surface area (Å²) in [4.78, 5) is 12.7. The molecule has 112 valence electrons. The zero-order valence-corrected chi connectivity index (χ0v) is 13.2. The van der Waals surface area contributed by atoms with Crippen LogP contribution in [0, 0.1) is 13.8 Å². The van der Waals surface area contributed by atoms with Crippen LogP contribution in [0.2, 0.25) is 5.02 Å². The number of rotatable bonds is 3. The van der Waals surface area contributed by atoms with Crippen molar-refractivity contribution in [2.45, 2.75) is 13.8 Å². The number of hydrogen-bond acceptors (Lipinski definition) is 4. The molecule has 0 fully saturated rings. The molecule has 22 heavy (non-hydrogen) atoms. The van der Waals surface area contributed by atoms with Gasteiger partial charge in [-0.25, -0.2) is 0 Å². The summed E-state index contributed by atoms with van der Waals surface area (Å²) >= 11 is 5.87. The average Bonchev–Trinajstić information content (AvgIpc) is 3.01. The predicted octanol–water partition coefficient (Wildman–Crippen LogP) is 3.58. The van der Waals surface area contributed by atoms with E-state index in [-0.39, 0.29) is 5.78 Å². The Bertz CT molecular complexity index is 827. The largest absolute Gasteiger partial charge is 0.361 e. The third-order valence-electron chi connectivity index (χ3n) is 3.45. The fourth-order valence-electron chi connectivity index (χ4n) is 2.44. The molecular formula is C16H14ClN3O2. The SMILES string of the molecule is Cc1noc(C)c1-c1cn(C)nc1C(=O)c1ccc(Cl)cc1. The molecule has 3 rings (SSSR count). The lowest BCUT2D eigenvalue weighted by atomic mass is 10.00. The maximum Gasteiger partial charge on any atom is 0.213 e. The zero-order valence-electron chi connectivity index (χ0n) is 12.4. The lowest BCUT2D eigenvalue weighted by Gasteiger charge is -2.02. The fraction of sp³-hybridized carbons (Fsp3) is 0.188. The second-order valence-corrected chi connectivity index (χ2v) is 5.54. The van der Waals surface area contributed by atoms with E-state index in [9.17, 15) is 4.79 Å². The summed E-state index contributed by atoms with van der Waals surface area (Å²) in [7, 11) is 1.78. The lowest BCUT2D eigenvalue weighted by molar-refractivity contribution is 0.103. The minimum Gasteiger partial charge on any atom is -0.361 e. The Hall–Kier alpha value is -2.40. The summed E-state index contributed by atoms with van der Waals surface area (Å²) in [5.41, 5.74) is 3.18. The first kappa shape index (κ1) is 14.5. The van der Waals surface area contributed by atoms with Gasteiger partial charge in [-0.15, -0.1) is 0 Å². The highest BCUT2D eigenvalue weighted by Gasteiger charge is 2.23. The number of ketones is 1. The van der Waals surface area contributed by atoms with Gasteiger partial charge in [0.2, 0.25) is 5.78 Å². The number of aromatic nitrogens is 3. The van der Waals surface area contributed by atoms with E-state index in [1.165, 1.54) is 0 Å². The van der Waals surface area contributed by atoms with Gasteiger partial charge in [-0.1, -0.05) is 16.8 Å². The Balaban J connectivity index is 2.12. The Labute approximate surface area is 132 Å². The third-order valence-corrected chi connectivity index (χ3v) is 3.70. The van der Waals surface area contributed by atoms with Gasteiger partial charge in [-0.3, -0.25) is 9.48 Å². The summed E-state index contributed by atoms with van der Waals surface area (Å²) in [6, 6.07) is 6.76. The van der Waals surface area contributed by atoms with E-state index in [0.717, 1.165) is 16.8 Å². The average molecular weight is 316 g/mol. The number of halogens is 1. The molecule has 0 aliphatic heterocycles. The first-order chi connectivity index (χ1) is 10.5. The van der Waals surface area contributed by atoms with E-state index >= 15 is 0 Å². The van der Waals surface area contributed by atoms with Gasteiger partial charge >= 0.3 is 0 Å². The topological polar surface area (TPSA) is 60.9 Å². The number of carbonyl (C=O) groups is 1. The molecule has 1 aromatic carbocycles. The van der Waals surface area contributed by atoms with E-state index < -0.39 is 0 Å². The number of aryl methyl sites for hydroxylation is 3. The van der Waals surface area contributed by atoms with Crippen LogP contribution in [0.25, 0.3) is 11.1 Å². The van der Waals surface area contributed by atoms with E-state index in [0.29, 0.717) is 22.0 Å². The molecule has 0 aliphatic rings. The van der Waals surface area contributed by atoms with Crippen molar-refractivity contribution in [3.8, 4) is 11.1 Å². The normalized spacial score (nSPS) is 10.9.